The van der Waals surface area contributed by atoms with Gasteiger partial charge in [0.25, 0.3) is 0 Å². The van der Waals surface area contributed by atoms with E-state index in [1.165, 1.54) is 25.6 Å². The summed E-state index contributed by atoms with van der Waals surface area (Å²) < 4.78 is 10.1. The van der Waals surface area contributed by atoms with E-state index in [1.807, 2.05) is 0 Å². The molecule has 13 heteroatoms. The number of nitrogens with zero attached hydrogens (tertiary/aromatic N) is 2. The zero-order chi connectivity index (χ0) is 21.7. The van der Waals surface area contributed by atoms with E-state index in [1.54, 1.807) is 0 Å². The molecule has 1 aliphatic heterocycles. The van der Waals surface area contributed by atoms with Crippen molar-refractivity contribution in [2.45, 2.75) is 6.10 Å². The van der Waals surface area contributed by atoms with Crippen molar-refractivity contribution in [3.8, 4) is 5.75 Å². The van der Waals surface area contributed by atoms with Crippen LogP contribution in [0.25, 0.3) is 0 Å². The second-order valence-corrected chi connectivity index (χ2v) is 5.80. The van der Waals surface area contributed by atoms with Crippen LogP contribution in [0.15, 0.2) is 23.6 Å². The van der Waals surface area contributed by atoms with Gasteiger partial charge in [0.05, 0.1) is 17.8 Å². The first-order valence-corrected chi connectivity index (χ1v) is 7.91. The maximum atomic E-state index is 11.6. The van der Waals surface area contributed by atoms with Crippen molar-refractivity contribution in [2.75, 3.05) is 13.9 Å². The summed E-state index contributed by atoms with van der Waals surface area (Å²) in [6, 6.07) is 1.31. The summed E-state index contributed by atoms with van der Waals surface area (Å²) in [6.07, 6.45) is 0.578. The molecule has 156 valence electrons. The Kier molecular flexibility index (Phi) is 6.67. The molecule has 2 rings (SSSR count). The molecule has 13 nitrogen and oxygen atoms in total. The van der Waals surface area contributed by atoms with Crippen molar-refractivity contribution in [1.82, 2.24) is 4.98 Å². The standard InChI is InChI=1S/C16H16N2O11/c1-27-5-28-7-4-17-3-2-6(7)11-8(9(13(19)20)14(21)22)12(29-18-11)10(15(23)24)16(25)26/h2-4,8-10,12H,5H2,1H3,(H,19,20)(H,21,22)(H,23,24)(H,25,26). The first-order valence-electron chi connectivity index (χ1n) is 7.91. The first-order chi connectivity index (χ1) is 13.7. The molecule has 1 aromatic rings. The number of carboxylic acid groups (broad SMARTS) is 4. The molecule has 2 atom stereocenters. The van der Waals surface area contributed by atoms with Gasteiger partial charge in [-0.15, -0.1) is 0 Å². The molecule has 4 N–H and O–H groups in total. The average Bonchev–Trinajstić information content (AvgIpc) is 3.03. The van der Waals surface area contributed by atoms with Crippen molar-refractivity contribution in [2.24, 2.45) is 22.9 Å². The van der Waals surface area contributed by atoms with E-state index in [2.05, 4.69) is 10.1 Å². The van der Waals surface area contributed by atoms with Gasteiger partial charge in [0.15, 0.2) is 24.7 Å². The normalized spacial score (nSPS) is 18.2. The third-order valence-corrected chi connectivity index (χ3v) is 4.09. The van der Waals surface area contributed by atoms with Gasteiger partial charge in [0.2, 0.25) is 0 Å². The number of methoxy groups -OCH3 is 1. The largest absolute Gasteiger partial charge is 0.481 e. The lowest BCUT2D eigenvalue weighted by Crippen LogP contribution is -2.47. The third kappa shape index (κ3) is 4.40. The van der Waals surface area contributed by atoms with E-state index in [-0.39, 0.29) is 23.8 Å². The van der Waals surface area contributed by atoms with Crippen molar-refractivity contribution in [3.05, 3.63) is 24.0 Å². The highest BCUT2D eigenvalue weighted by atomic mass is 16.7. The van der Waals surface area contributed by atoms with Gasteiger partial charge in [-0.25, -0.2) is 0 Å². The molecule has 2 heterocycles. The molecule has 2 unspecified atom stereocenters. The lowest BCUT2D eigenvalue weighted by atomic mass is 9.77. The number of aromatic nitrogens is 1. The Morgan fingerprint density at radius 1 is 1.07 bits per heavy atom. The summed E-state index contributed by atoms with van der Waals surface area (Å²) in [7, 11) is 1.33. The minimum Gasteiger partial charge on any atom is -0.481 e. The summed E-state index contributed by atoms with van der Waals surface area (Å²) in [5.41, 5.74) is -0.252. The van der Waals surface area contributed by atoms with E-state index in [0.29, 0.717) is 0 Å². The maximum Gasteiger partial charge on any atom is 0.321 e. The molecular formula is C16H16N2O11. The van der Waals surface area contributed by atoms with Gasteiger partial charge >= 0.3 is 23.9 Å². The van der Waals surface area contributed by atoms with Crippen LogP contribution in [0, 0.1) is 17.8 Å². The van der Waals surface area contributed by atoms with Crippen LogP contribution in [0.3, 0.4) is 0 Å². The SMILES string of the molecule is COCOc1cnccc1C1=NOC(C(C(=O)O)C(=O)O)C1C(C(=O)O)C(=O)O. The number of carbonyl (C=O) groups is 4. The fourth-order valence-corrected chi connectivity index (χ4v) is 2.87. The van der Waals surface area contributed by atoms with Crippen molar-refractivity contribution in [1.29, 1.82) is 0 Å². The van der Waals surface area contributed by atoms with E-state index in [9.17, 15) is 39.6 Å². The van der Waals surface area contributed by atoms with Gasteiger partial charge in [0.1, 0.15) is 5.75 Å². The molecule has 0 saturated heterocycles. The molecule has 0 spiro atoms. The number of carboxylic acids is 4. The highest BCUT2D eigenvalue weighted by Gasteiger charge is 2.55. The van der Waals surface area contributed by atoms with Gasteiger partial charge in [-0.3, -0.25) is 24.2 Å². The number of pyridine rings is 1. The fraction of sp³-hybridized carbons (Fsp3) is 0.375. The number of oxime groups is 1. The maximum absolute atomic E-state index is 11.6. The van der Waals surface area contributed by atoms with Crippen LogP contribution in [0.5, 0.6) is 5.75 Å². The lowest BCUT2D eigenvalue weighted by Gasteiger charge is -2.25. The van der Waals surface area contributed by atoms with Crippen LogP contribution in [0.4, 0.5) is 0 Å². The summed E-state index contributed by atoms with van der Waals surface area (Å²) in [4.78, 5) is 54.9. The van der Waals surface area contributed by atoms with E-state index >= 15 is 0 Å². The first kappa shape index (κ1) is 21.6. The summed E-state index contributed by atoms with van der Waals surface area (Å²) in [5.74, 6) is -13.6. The Balaban J connectivity index is 2.60. The van der Waals surface area contributed by atoms with E-state index in [4.69, 9.17) is 14.3 Å². The van der Waals surface area contributed by atoms with Crippen LogP contribution >= 0.6 is 0 Å². The fourth-order valence-electron chi connectivity index (χ4n) is 2.87. The minimum absolute atomic E-state index is 0.0130. The smallest absolute Gasteiger partial charge is 0.321 e. The third-order valence-electron chi connectivity index (χ3n) is 4.09. The number of hydrogen-bond donors (Lipinski definition) is 4. The van der Waals surface area contributed by atoms with Crippen molar-refractivity contribution < 1.29 is 53.9 Å². The summed E-state index contributed by atoms with van der Waals surface area (Å²) in [5, 5.41) is 40.9. The quantitative estimate of drug-likeness (QED) is 0.280. The van der Waals surface area contributed by atoms with Crippen molar-refractivity contribution in [3.63, 3.8) is 0 Å². The number of ether oxygens (including phenoxy) is 2. The number of rotatable bonds is 10. The van der Waals surface area contributed by atoms with Gasteiger partial charge in [0, 0.05) is 18.9 Å². The Morgan fingerprint density at radius 2 is 1.66 bits per heavy atom. The van der Waals surface area contributed by atoms with Crippen molar-refractivity contribution >= 4 is 29.6 Å². The topological polar surface area (TPSA) is 202 Å². The average molecular weight is 412 g/mol. The highest BCUT2D eigenvalue weighted by molar-refractivity contribution is 6.11. The Hall–Kier alpha value is -3.74. The Labute approximate surface area is 162 Å². The van der Waals surface area contributed by atoms with Gasteiger partial charge in [-0.2, -0.15) is 0 Å². The van der Waals surface area contributed by atoms with Gasteiger partial charge in [-0.1, -0.05) is 5.16 Å². The molecule has 1 aliphatic rings. The second-order valence-electron chi connectivity index (χ2n) is 5.80. The zero-order valence-corrected chi connectivity index (χ0v) is 14.8. The molecular weight excluding hydrogens is 396 g/mol. The number of hydrogen-bond acceptors (Lipinski definition) is 9. The predicted octanol–water partition coefficient (Wildman–Crippen LogP) is -0.646. The lowest BCUT2D eigenvalue weighted by molar-refractivity contribution is -0.169. The highest BCUT2D eigenvalue weighted by Crippen LogP contribution is 2.37. The van der Waals surface area contributed by atoms with E-state index in [0.717, 1.165) is 0 Å². The number of aliphatic carboxylic acids is 4. The van der Waals surface area contributed by atoms with Gasteiger partial charge in [-0.05, 0) is 6.07 Å². The predicted molar refractivity (Wildman–Crippen MR) is 89.2 cm³/mol. The molecule has 0 aliphatic carbocycles. The van der Waals surface area contributed by atoms with Crippen LogP contribution in [-0.2, 0) is 28.8 Å². The Bertz CT molecular complexity index is 825. The second kappa shape index (κ2) is 8.97. The van der Waals surface area contributed by atoms with Crippen LogP contribution in [0.1, 0.15) is 5.56 Å². The zero-order valence-electron chi connectivity index (χ0n) is 14.8. The molecule has 0 aromatic carbocycles. The molecule has 1 aromatic heterocycles. The summed E-state index contributed by atoms with van der Waals surface area (Å²) >= 11 is 0. The minimum atomic E-state index is -2.27. The van der Waals surface area contributed by atoms with Crippen LogP contribution < -0.4 is 4.74 Å². The molecule has 0 radical (unpaired) electrons. The van der Waals surface area contributed by atoms with Crippen LogP contribution in [-0.4, -0.2) is 75.0 Å². The molecule has 29 heavy (non-hydrogen) atoms. The monoisotopic (exact) mass is 412 g/mol. The van der Waals surface area contributed by atoms with Gasteiger partial charge < -0.3 is 34.7 Å². The summed E-state index contributed by atoms with van der Waals surface area (Å²) in [6.45, 7) is -0.241. The molecule has 0 bridgehead atoms. The van der Waals surface area contributed by atoms with Crippen LogP contribution in [0.2, 0.25) is 0 Å². The molecule has 0 amide bonds. The molecule has 0 fully saturated rings. The molecule has 0 saturated carbocycles. The Morgan fingerprint density at radius 3 is 2.17 bits per heavy atom. The van der Waals surface area contributed by atoms with E-state index < -0.39 is 47.7 Å².